The van der Waals surface area contributed by atoms with Crippen LogP contribution in [0.5, 0.6) is 5.75 Å². The van der Waals surface area contributed by atoms with Crippen molar-refractivity contribution in [2.24, 2.45) is 0 Å². The molecule has 0 aliphatic heterocycles. The molecule has 3 saturated carbocycles. The molecule has 5 rings (SSSR count). The van der Waals surface area contributed by atoms with Crippen LogP contribution in [-0.4, -0.2) is 24.2 Å². The van der Waals surface area contributed by atoms with Gasteiger partial charge in [0.2, 0.25) is 0 Å². The molecule has 0 heterocycles. The highest BCUT2D eigenvalue weighted by atomic mass is 19.1. The fourth-order valence-electron chi connectivity index (χ4n) is 4.58. The SMILES string of the molecule is COCc1ccc([C@]23C[C@](NC(=O)C(C)(C)Oc4ccc(F)cc4)(C2)C3)cc1. The van der Waals surface area contributed by atoms with Crippen molar-refractivity contribution in [2.45, 2.75) is 56.3 Å². The van der Waals surface area contributed by atoms with Crippen molar-refractivity contribution in [2.75, 3.05) is 7.11 Å². The lowest BCUT2D eigenvalue weighted by Gasteiger charge is -2.71. The lowest BCUT2D eigenvalue weighted by Crippen LogP contribution is -2.78. The molecule has 0 radical (unpaired) electrons. The molecule has 3 fully saturated rings. The first kappa shape index (κ1) is 18.9. The van der Waals surface area contributed by atoms with E-state index in [9.17, 15) is 9.18 Å². The van der Waals surface area contributed by atoms with E-state index in [4.69, 9.17) is 9.47 Å². The van der Waals surface area contributed by atoms with Crippen LogP contribution in [0.1, 0.15) is 44.2 Å². The second-order valence-corrected chi connectivity index (χ2v) is 8.74. The van der Waals surface area contributed by atoms with E-state index in [0.717, 1.165) is 19.3 Å². The molecule has 1 amide bonds. The zero-order chi connectivity index (χ0) is 20.0. The average molecular weight is 383 g/mol. The lowest BCUT2D eigenvalue weighted by molar-refractivity contribution is -0.150. The molecule has 0 spiro atoms. The Balaban J connectivity index is 1.35. The van der Waals surface area contributed by atoms with E-state index >= 15 is 0 Å². The average Bonchev–Trinajstić information content (AvgIpc) is 2.59. The van der Waals surface area contributed by atoms with Gasteiger partial charge < -0.3 is 14.8 Å². The van der Waals surface area contributed by atoms with Crippen LogP contribution >= 0.6 is 0 Å². The van der Waals surface area contributed by atoms with Crippen molar-refractivity contribution in [3.63, 3.8) is 0 Å². The van der Waals surface area contributed by atoms with Gasteiger partial charge in [-0.05, 0) is 68.5 Å². The van der Waals surface area contributed by atoms with E-state index in [-0.39, 0.29) is 22.7 Å². The topological polar surface area (TPSA) is 47.6 Å². The summed E-state index contributed by atoms with van der Waals surface area (Å²) in [6, 6.07) is 14.3. The molecule has 2 bridgehead atoms. The number of halogens is 1. The standard InChI is InChI=1S/C23H26FNO3/c1-21(2,28-19-10-8-18(24)9-11-19)20(26)25-23-13-22(14-23,15-23)17-6-4-16(5-7-17)12-27-3/h4-11H,12-15H2,1-3H3,(H,25,26)/t22-,23+. The van der Waals surface area contributed by atoms with Crippen molar-refractivity contribution in [1.29, 1.82) is 0 Å². The van der Waals surface area contributed by atoms with Crippen molar-refractivity contribution in [3.05, 3.63) is 65.5 Å². The van der Waals surface area contributed by atoms with Crippen LogP contribution in [0.2, 0.25) is 0 Å². The molecule has 3 aliphatic carbocycles. The van der Waals surface area contributed by atoms with E-state index < -0.39 is 5.60 Å². The predicted octanol–water partition coefficient (Wildman–Crippen LogP) is 4.12. The van der Waals surface area contributed by atoms with Gasteiger partial charge in [-0.2, -0.15) is 0 Å². The van der Waals surface area contributed by atoms with Gasteiger partial charge in [-0.25, -0.2) is 4.39 Å². The summed E-state index contributed by atoms with van der Waals surface area (Å²) in [5.74, 6) is 0.0105. The second kappa shape index (κ2) is 6.59. The quantitative estimate of drug-likeness (QED) is 0.782. The number of hydrogen-bond acceptors (Lipinski definition) is 3. The number of ether oxygens (including phenoxy) is 2. The van der Waals surface area contributed by atoms with E-state index in [1.165, 1.54) is 35.4 Å². The van der Waals surface area contributed by atoms with Gasteiger partial charge in [0.1, 0.15) is 11.6 Å². The van der Waals surface area contributed by atoms with Gasteiger partial charge in [0.25, 0.3) is 5.91 Å². The zero-order valence-electron chi connectivity index (χ0n) is 16.5. The molecule has 28 heavy (non-hydrogen) atoms. The maximum absolute atomic E-state index is 13.1. The van der Waals surface area contributed by atoms with Crippen LogP contribution in [0.15, 0.2) is 48.5 Å². The largest absolute Gasteiger partial charge is 0.478 e. The first-order chi connectivity index (χ1) is 13.3. The summed E-state index contributed by atoms with van der Waals surface area (Å²) in [7, 11) is 1.70. The minimum atomic E-state index is -1.03. The van der Waals surface area contributed by atoms with E-state index in [1.807, 2.05) is 0 Å². The number of carbonyl (C=O) groups is 1. The highest BCUT2D eigenvalue weighted by Gasteiger charge is 2.69. The number of nitrogens with one attached hydrogen (secondary N) is 1. The lowest BCUT2D eigenvalue weighted by atomic mass is 9.37. The third-order valence-corrected chi connectivity index (χ3v) is 6.02. The molecule has 3 aliphatic rings. The molecule has 2 aromatic carbocycles. The van der Waals surface area contributed by atoms with Crippen molar-refractivity contribution >= 4 is 5.91 Å². The highest BCUT2D eigenvalue weighted by molar-refractivity contribution is 5.86. The molecule has 0 aromatic heterocycles. The molecule has 4 nitrogen and oxygen atoms in total. The second-order valence-electron chi connectivity index (χ2n) is 8.74. The number of methoxy groups -OCH3 is 1. The molecule has 0 unspecified atom stereocenters. The van der Waals surface area contributed by atoms with Crippen LogP contribution < -0.4 is 10.1 Å². The number of amides is 1. The van der Waals surface area contributed by atoms with E-state index in [0.29, 0.717) is 12.4 Å². The Morgan fingerprint density at radius 1 is 1.07 bits per heavy atom. The number of carbonyl (C=O) groups excluding carboxylic acids is 1. The molecular weight excluding hydrogens is 357 g/mol. The van der Waals surface area contributed by atoms with Crippen LogP contribution in [0.25, 0.3) is 0 Å². The molecular formula is C23H26FNO3. The van der Waals surface area contributed by atoms with Crippen LogP contribution in [0, 0.1) is 5.82 Å². The molecule has 5 heteroatoms. The fourth-order valence-corrected chi connectivity index (χ4v) is 4.58. The minimum absolute atomic E-state index is 0.119. The summed E-state index contributed by atoms with van der Waals surface area (Å²) in [6.07, 6.45) is 2.88. The van der Waals surface area contributed by atoms with Gasteiger partial charge in [0, 0.05) is 18.1 Å². The Kier molecular flexibility index (Phi) is 4.46. The Morgan fingerprint density at radius 3 is 2.25 bits per heavy atom. The van der Waals surface area contributed by atoms with Crippen LogP contribution in [0.4, 0.5) is 4.39 Å². The van der Waals surface area contributed by atoms with Crippen molar-refractivity contribution in [1.82, 2.24) is 5.32 Å². The summed E-state index contributed by atoms with van der Waals surface area (Å²) in [5.41, 5.74) is 1.56. The van der Waals surface area contributed by atoms with Gasteiger partial charge in [0.05, 0.1) is 6.61 Å². The number of rotatable bonds is 7. The number of hydrogen-bond donors (Lipinski definition) is 1. The van der Waals surface area contributed by atoms with Gasteiger partial charge in [-0.3, -0.25) is 4.79 Å². The van der Waals surface area contributed by atoms with Crippen molar-refractivity contribution in [3.8, 4) is 5.75 Å². The summed E-state index contributed by atoms with van der Waals surface area (Å²) >= 11 is 0. The Bertz CT molecular complexity index is 854. The third kappa shape index (κ3) is 3.28. The minimum Gasteiger partial charge on any atom is -0.478 e. The van der Waals surface area contributed by atoms with Crippen LogP contribution in [-0.2, 0) is 21.6 Å². The Hall–Kier alpha value is -2.40. The molecule has 0 saturated heterocycles. The zero-order valence-corrected chi connectivity index (χ0v) is 16.5. The van der Waals surface area contributed by atoms with Gasteiger partial charge in [-0.15, -0.1) is 0 Å². The molecule has 148 valence electrons. The molecule has 2 aromatic rings. The first-order valence-electron chi connectivity index (χ1n) is 9.62. The fraction of sp³-hybridized carbons (Fsp3) is 0.435. The van der Waals surface area contributed by atoms with E-state index in [1.54, 1.807) is 21.0 Å². The predicted molar refractivity (Wildman–Crippen MR) is 105 cm³/mol. The van der Waals surface area contributed by atoms with Crippen molar-refractivity contribution < 1.29 is 18.7 Å². The highest BCUT2D eigenvalue weighted by Crippen LogP contribution is 2.67. The summed E-state index contributed by atoms with van der Waals surface area (Å²) in [6.45, 7) is 4.10. The normalized spacial score (nSPS) is 25.4. The van der Waals surface area contributed by atoms with Gasteiger partial charge in [-0.1, -0.05) is 24.3 Å². The first-order valence-corrected chi connectivity index (χ1v) is 9.62. The summed E-state index contributed by atoms with van der Waals surface area (Å²) < 4.78 is 24.0. The smallest absolute Gasteiger partial charge is 0.264 e. The maximum Gasteiger partial charge on any atom is 0.264 e. The van der Waals surface area contributed by atoms with E-state index in [2.05, 4.69) is 29.6 Å². The summed E-state index contributed by atoms with van der Waals surface area (Å²) in [5, 5.41) is 3.20. The Labute approximate surface area is 165 Å². The summed E-state index contributed by atoms with van der Waals surface area (Å²) in [4.78, 5) is 12.8. The number of benzene rings is 2. The third-order valence-electron chi connectivity index (χ3n) is 6.02. The monoisotopic (exact) mass is 383 g/mol. The maximum atomic E-state index is 13.1. The van der Waals surface area contributed by atoms with Gasteiger partial charge in [0.15, 0.2) is 5.60 Å². The Morgan fingerprint density at radius 2 is 1.68 bits per heavy atom. The van der Waals surface area contributed by atoms with Gasteiger partial charge >= 0.3 is 0 Å². The molecule has 1 N–H and O–H groups in total. The van der Waals surface area contributed by atoms with Crippen LogP contribution in [0.3, 0.4) is 0 Å². The molecule has 0 atom stereocenters.